The van der Waals surface area contributed by atoms with Gasteiger partial charge in [-0.15, -0.1) is 6.58 Å². The summed E-state index contributed by atoms with van der Waals surface area (Å²) in [5, 5.41) is 0. The van der Waals surface area contributed by atoms with Gasteiger partial charge in [-0.3, -0.25) is 0 Å². The van der Waals surface area contributed by atoms with Gasteiger partial charge in [0.25, 0.3) is 0 Å². The van der Waals surface area contributed by atoms with E-state index in [-0.39, 0.29) is 11.6 Å². The quantitative estimate of drug-likeness (QED) is 0.664. The van der Waals surface area contributed by atoms with Gasteiger partial charge in [0.2, 0.25) is 0 Å². The van der Waals surface area contributed by atoms with Gasteiger partial charge in [0.05, 0.1) is 5.60 Å². The van der Waals surface area contributed by atoms with Gasteiger partial charge in [-0.05, 0) is 32.6 Å². The Hall–Kier alpha value is -0.340. The highest BCUT2D eigenvalue weighted by Crippen LogP contribution is 2.36. The molecule has 0 saturated heterocycles. The molecule has 1 atom stereocenters. The van der Waals surface area contributed by atoms with E-state index in [1.165, 1.54) is 12.8 Å². The topological polar surface area (TPSA) is 35.2 Å². The van der Waals surface area contributed by atoms with Crippen molar-refractivity contribution in [3.05, 3.63) is 12.7 Å². The van der Waals surface area contributed by atoms with E-state index in [1.54, 1.807) is 0 Å². The molecule has 1 aliphatic rings. The molecular formula is C12H23NO. The fourth-order valence-corrected chi connectivity index (χ4v) is 2.44. The SMILES string of the molecule is C=CCCC(N)C1(OCC)CCCC1. The van der Waals surface area contributed by atoms with Crippen molar-refractivity contribution in [2.24, 2.45) is 5.73 Å². The van der Waals surface area contributed by atoms with E-state index >= 15 is 0 Å². The lowest BCUT2D eigenvalue weighted by Crippen LogP contribution is -2.48. The molecule has 0 aromatic heterocycles. The molecule has 0 heterocycles. The second-order valence-corrected chi connectivity index (χ2v) is 4.18. The second-order valence-electron chi connectivity index (χ2n) is 4.18. The highest BCUT2D eigenvalue weighted by Gasteiger charge is 2.39. The summed E-state index contributed by atoms with van der Waals surface area (Å²) in [6.07, 6.45) is 8.75. The molecule has 0 amide bonds. The van der Waals surface area contributed by atoms with E-state index in [0.717, 1.165) is 32.3 Å². The number of rotatable bonds is 6. The summed E-state index contributed by atoms with van der Waals surface area (Å²) in [6.45, 7) is 6.57. The first-order valence-corrected chi connectivity index (χ1v) is 5.75. The minimum atomic E-state index is -0.0161. The molecule has 0 bridgehead atoms. The van der Waals surface area contributed by atoms with Crippen LogP contribution in [0.1, 0.15) is 45.4 Å². The summed E-state index contributed by atoms with van der Waals surface area (Å²) in [5.74, 6) is 0. The minimum Gasteiger partial charge on any atom is -0.374 e. The van der Waals surface area contributed by atoms with Crippen LogP contribution in [0.15, 0.2) is 12.7 Å². The highest BCUT2D eigenvalue weighted by atomic mass is 16.5. The van der Waals surface area contributed by atoms with Gasteiger partial charge in [-0.1, -0.05) is 18.9 Å². The van der Waals surface area contributed by atoms with Crippen molar-refractivity contribution < 1.29 is 4.74 Å². The smallest absolute Gasteiger partial charge is 0.0832 e. The van der Waals surface area contributed by atoms with Crippen LogP contribution in [-0.2, 0) is 4.74 Å². The fraction of sp³-hybridized carbons (Fsp3) is 0.833. The maximum atomic E-state index is 6.21. The van der Waals surface area contributed by atoms with Gasteiger partial charge in [-0.25, -0.2) is 0 Å². The molecule has 1 aliphatic carbocycles. The molecule has 1 unspecified atom stereocenters. The Balaban J connectivity index is 2.51. The van der Waals surface area contributed by atoms with Gasteiger partial charge < -0.3 is 10.5 Å². The minimum absolute atomic E-state index is 0.0161. The van der Waals surface area contributed by atoms with Crippen molar-refractivity contribution in [2.75, 3.05) is 6.61 Å². The lowest BCUT2D eigenvalue weighted by Gasteiger charge is -2.35. The van der Waals surface area contributed by atoms with Gasteiger partial charge in [0, 0.05) is 12.6 Å². The maximum absolute atomic E-state index is 6.21. The molecule has 82 valence electrons. The van der Waals surface area contributed by atoms with E-state index in [4.69, 9.17) is 10.5 Å². The summed E-state index contributed by atoms with van der Waals surface area (Å²) in [7, 11) is 0. The van der Waals surface area contributed by atoms with E-state index in [0.29, 0.717) is 0 Å². The lowest BCUT2D eigenvalue weighted by molar-refractivity contribution is -0.0540. The number of nitrogens with two attached hydrogens (primary N) is 1. The summed E-state index contributed by atoms with van der Waals surface area (Å²) in [5.41, 5.74) is 6.20. The number of ether oxygens (including phenoxy) is 1. The normalized spacial score (nSPS) is 22.1. The molecule has 0 aromatic carbocycles. The molecule has 0 spiro atoms. The van der Waals surface area contributed by atoms with E-state index < -0.39 is 0 Å². The second kappa shape index (κ2) is 5.52. The van der Waals surface area contributed by atoms with Crippen molar-refractivity contribution in [2.45, 2.75) is 57.1 Å². The van der Waals surface area contributed by atoms with Crippen LogP contribution < -0.4 is 5.73 Å². The Labute approximate surface area is 87.5 Å². The van der Waals surface area contributed by atoms with Gasteiger partial charge in [-0.2, -0.15) is 0 Å². The van der Waals surface area contributed by atoms with Gasteiger partial charge >= 0.3 is 0 Å². The largest absolute Gasteiger partial charge is 0.374 e. The molecule has 2 nitrogen and oxygen atoms in total. The Morgan fingerprint density at radius 3 is 2.64 bits per heavy atom. The number of allylic oxidation sites excluding steroid dienone is 1. The van der Waals surface area contributed by atoms with Gasteiger partial charge in [0.1, 0.15) is 0 Å². The summed E-state index contributed by atoms with van der Waals surface area (Å²) in [4.78, 5) is 0. The zero-order valence-corrected chi connectivity index (χ0v) is 9.30. The van der Waals surface area contributed by atoms with Crippen LogP contribution >= 0.6 is 0 Å². The number of hydrogen-bond acceptors (Lipinski definition) is 2. The summed E-state index contributed by atoms with van der Waals surface area (Å²) >= 11 is 0. The molecule has 2 heteroatoms. The molecule has 14 heavy (non-hydrogen) atoms. The van der Waals surface area contributed by atoms with Crippen LogP contribution in [0.4, 0.5) is 0 Å². The maximum Gasteiger partial charge on any atom is 0.0832 e. The monoisotopic (exact) mass is 197 g/mol. The predicted octanol–water partition coefficient (Wildman–Crippen LogP) is 2.63. The predicted molar refractivity (Wildman–Crippen MR) is 60.2 cm³/mol. The Morgan fingerprint density at radius 2 is 2.14 bits per heavy atom. The van der Waals surface area contributed by atoms with E-state index in [9.17, 15) is 0 Å². The van der Waals surface area contributed by atoms with Crippen molar-refractivity contribution in [1.29, 1.82) is 0 Å². The molecule has 2 N–H and O–H groups in total. The van der Waals surface area contributed by atoms with Crippen LogP contribution in [0, 0.1) is 0 Å². The Bertz CT molecular complexity index is 173. The highest BCUT2D eigenvalue weighted by molar-refractivity contribution is 4.96. The van der Waals surface area contributed by atoms with Crippen molar-refractivity contribution in [1.82, 2.24) is 0 Å². The van der Waals surface area contributed by atoms with E-state index in [1.807, 2.05) is 6.08 Å². The summed E-state index contributed by atoms with van der Waals surface area (Å²) < 4.78 is 5.89. The van der Waals surface area contributed by atoms with Crippen molar-refractivity contribution in [3.63, 3.8) is 0 Å². The fourth-order valence-electron chi connectivity index (χ4n) is 2.44. The zero-order valence-electron chi connectivity index (χ0n) is 9.30. The molecular weight excluding hydrogens is 174 g/mol. The lowest BCUT2D eigenvalue weighted by atomic mass is 9.89. The molecule has 0 radical (unpaired) electrons. The molecule has 1 rings (SSSR count). The molecule has 0 aromatic rings. The van der Waals surface area contributed by atoms with Crippen LogP contribution in [-0.4, -0.2) is 18.2 Å². The van der Waals surface area contributed by atoms with Crippen LogP contribution in [0.5, 0.6) is 0 Å². The van der Waals surface area contributed by atoms with E-state index in [2.05, 4.69) is 13.5 Å². The Morgan fingerprint density at radius 1 is 1.50 bits per heavy atom. The first-order chi connectivity index (χ1) is 6.75. The first-order valence-electron chi connectivity index (χ1n) is 5.75. The van der Waals surface area contributed by atoms with Crippen LogP contribution in [0.2, 0.25) is 0 Å². The summed E-state index contributed by atoms with van der Waals surface area (Å²) in [6, 6.07) is 0.183. The van der Waals surface area contributed by atoms with Crippen LogP contribution in [0.25, 0.3) is 0 Å². The average molecular weight is 197 g/mol. The molecule has 1 saturated carbocycles. The van der Waals surface area contributed by atoms with Gasteiger partial charge in [0.15, 0.2) is 0 Å². The average Bonchev–Trinajstić information content (AvgIpc) is 2.64. The number of hydrogen-bond donors (Lipinski definition) is 1. The zero-order chi connectivity index (χ0) is 10.4. The Kier molecular flexibility index (Phi) is 4.63. The standard InChI is InChI=1S/C12H23NO/c1-3-5-8-11(13)12(14-4-2)9-6-7-10-12/h3,11H,1,4-10,13H2,2H3. The molecule has 1 fully saturated rings. The van der Waals surface area contributed by atoms with Crippen LogP contribution in [0.3, 0.4) is 0 Å². The molecule has 0 aliphatic heterocycles. The third-order valence-corrected chi connectivity index (χ3v) is 3.24. The van der Waals surface area contributed by atoms with Crippen molar-refractivity contribution >= 4 is 0 Å². The third-order valence-electron chi connectivity index (χ3n) is 3.24. The third kappa shape index (κ3) is 2.58. The first kappa shape index (κ1) is 11.7. The van der Waals surface area contributed by atoms with Crippen molar-refractivity contribution in [3.8, 4) is 0 Å².